The lowest BCUT2D eigenvalue weighted by molar-refractivity contribution is -0.115. The molecule has 0 spiro atoms. The highest BCUT2D eigenvalue weighted by Gasteiger charge is 2.07. The number of hydrogen-bond acceptors (Lipinski definition) is 2. The fourth-order valence-corrected chi connectivity index (χ4v) is 2.23. The Morgan fingerprint density at radius 1 is 0.962 bits per heavy atom. The zero-order valence-electron chi connectivity index (χ0n) is 14.8. The molecule has 2 amide bonds. The number of carbonyl (C=O) groups is 2. The monoisotopic (exact) mass is 347 g/mol. The summed E-state index contributed by atoms with van der Waals surface area (Å²) in [7, 11) is 0. The number of nitrogens with one attached hydrogen (secondary N) is 1. The van der Waals surface area contributed by atoms with Crippen molar-refractivity contribution in [3.05, 3.63) is 83.4 Å². The van der Waals surface area contributed by atoms with Crippen molar-refractivity contribution in [3.8, 4) is 0 Å². The molecule has 0 fully saturated rings. The summed E-state index contributed by atoms with van der Waals surface area (Å²) >= 11 is 0. The van der Waals surface area contributed by atoms with Crippen LogP contribution in [0.4, 0.5) is 0 Å². The second-order valence-electron chi connectivity index (χ2n) is 5.72. The first-order valence-corrected chi connectivity index (χ1v) is 8.12. The van der Waals surface area contributed by atoms with Crippen molar-refractivity contribution in [1.29, 1.82) is 0 Å². The van der Waals surface area contributed by atoms with Crippen LogP contribution in [0.25, 0.3) is 11.6 Å². The van der Waals surface area contributed by atoms with E-state index in [1.807, 2.05) is 67.6 Å². The van der Waals surface area contributed by atoms with Crippen LogP contribution in [0.2, 0.25) is 0 Å². The largest absolute Gasteiger partial charge is 0.369 e. The molecule has 2 rings (SSSR count). The van der Waals surface area contributed by atoms with Crippen molar-refractivity contribution < 1.29 is 9.59 Å². The van der Waals surface area contributed by atoms with Crippen LogP contribution < -0.4 is 11.1 Å². The first-order chi connectivity index (χ1) is 12.5. The molecule has 0 aliphatic rings. The van der Waals surface area contributed by atoms with Gasteiger partial charge in [0.15, 0.2) is 0 Å². The van der Waals surface area contributed by atoms with Crippen LogP contribution in [0.5, 0.6) is 0 Å². The van der Waals surface area contributed by atoms with E-state index in [4.69, 9.17) is 5.73 Å². The van der Waals surface area contributed by atoms with Gasteiger partial charge in [0, 0.05) is 11.6 Å². The Balaban J connectivity index is 2.02. The molecule has 3 N–H and O–H groups in total. The lowest BCUT2D eigenvalue weighted by Gasteiger charge is -2.04. The third-order valence-electron chi connectivity index (χ3n) is 3.57. The zero-order valence-corrected chi connectivity index (χ0v) is 14.8. The highest BCUT2D eigenvalue weighted by atomic mass is 16.2. The maximum atomic E-state index is 12.1. The van der Waals surface area contributed by atoms with E-state index in [1.54, 1.807) is 13.0 Å². The van der Waals surface area contributed by atoms with Gasteiger partial charge in [-0.3, -0.25) is 14.9 Å². The topological polar surface area (TPSA) is 84.6 Å². The van der Waals surface area contributed by atoms with E-state index < -0.39 is 11.8 Å². The lowest BCUT2D eigenvalue weighted by Crippen LogP contribution is -2.36. The van der Waals surface area contributed by atoms with Crippen LogP contribution in [-0.2, 0) is 9.59 Å². The molecule has 0 unspecified atom stereocenters. The predicted octanol–water partition coefficient (Wildman–Crippen LogP) is 3.15. The Morgan fingerprint density at radius 2 is 1.54 bits per heavy atom. The summed E-state index contributed by atoms with van der Waals surface area (Å²) in [6, 6.07) is 18.9. The number of guanidine groups is 1. The first kappa shape index (κ1) is 18.9. The van der Waals surface area contributed by atoms with Crippen molar-refractivity contribution in [2.75, 3.05) is 0 Å². The van der Waals surface area contributed by atoms with Gasteiger partial charge in [0.25, 0.3) is 11.8 Å². The molecular formula is C21H21N3O2. The minimum atomic E-state index is -0.504. The maximum absolute atomic E-state index is 12.1. The highest BCUT2D eigenvalue weighted by molar-refractivity contribution is 6.10. The summed E-state index contributed by atoms with van der Waals surface area (Å²) in [5.41, 5.74) is 8.68. The smallest absolute Gasteiger partial charge is 0.275 e. The first-order valence-electron chi connectivity index (χ1n) is 8.12. The molecule has 0 atom stereocenters. The standard InChI is InChI=1S/C21H21N3O2/c1-15(18-11-7-4-8-12-18)14-19(25)23-21(22)24-20(26)16(2)13-17-9-5-3-6-10-17/h3-14H,1-2H3,(H3,22,23,24,25,26)/b15-14-,16-13+. The molecule has 0 aromatic heterocycles. The Kier molecular flexibility index (Phi) is 6.62. The summed E-state index contributed by atoms with van der Waals surface area (Å²) in [5, 5.41) is 2.39. The van der Waals surface area contributed by atoms with Gasteiger partial charge < -0.3 is 5.73 Å². The lowest BCUT2D eigenvalue weighted by atomic mass is 10.1. The molecule has 0 radical (unpaired) electrons. The van der Waals surface area contributed by atoms with Crippen LogP contribution >= 0.6 is 0 Å². The summed E-state index contributed by atoms with van der Waals surface area (Å²) in [6.07, 6.45) is 3.12. The van der Waals surface area contributed by atoms with Crippen molar-refractivity contribution in [3.63, 3.8) is 0 Å². The van der Waals surface area contributed by atoms with E-state index in [-0.39, 0.29) is 5.96 Å². The van der Waals surface area contributed by atoms with Crippen molar-refractivity contribution in [1.82, 2.24) is 5.32 Å². The number of allylic oxidation sites excluding steroid dienone is 1. The number of nitrogens with two attached hydrogens (primary N) is 1. The fraction of sp³-hybridized carbons (Fsp3) is 0.0952. The quantitative estimate of drug-likeness (QED) is 0.506. The Bertz CT molecular complexity index is 867. The molecule has 0 saturated heterocycles. The normalized spacial score (nSPS) is 12.6. The molecule has 0 bridgehead atoms. The van der Waals surface area contributed by atoms with Gasteiger partial charge in [-0.25, -0.2) is 0 Å². The van der Waals surface area contributed by atoms with Crippen molar-refractivity contribution in [2.45, 2.75) is 13.8 Å². The average molecular weight is 347 g/mol. The van der Waals surface area contributed by atoms with Crippen LogP contribution in [0.15, 0.2) is 77.3 Å². The van der Waals surface area contributed by atoms with E-state index >= 15 is 0 Å². The molecule has 2 aromatic rings. The molecule has 0 aliphatic carbocycles. The van der Waals surface area contributed by atoms with E-state index in [9.17, 15) is 9.59 Å². The summed E-state index contributed by atoms with van der Waals surface area (Å²) in [6.45, 7) is 3.47. The van der Waals surface area contributed by atoms with E-state index in [2.05, 4.69) is 10.3 Å². The third kappa shape index (κ3) is 5.87. The van der Waals surface area contributed by atoms with Gasteiger partial charge in [0.05, 0.1) is 0 Å². The maximum Gasteiger partial charge on any atom is 0.275 e. The van der Waals surface area contributed by atoms with E-state index in [0.717, 1.165) is 16.7 Å². The Hall–Kier alpha value is -3.47. The van der Waals surface area contributed by atoms with Gasteiger partial charge in [0.1, 0.15) is 0 Å². The van der Waals surface area contributed by atoms with E-state index in [0.29, 0.717) is 5.57 Å². The summed E-state index contributed by atoms with van der Waals surface area (Å²) in [5.74, 6) is -1.18. The van der Waals surface area contributed by atoms with E-state index in [1.165, 1.54) is 6.08 Å². The van der Waals surface area contributed by atoms with Crippen molar-refractivity contribution >= 4 is 29.4 Å². The van der Waals surface area contributed by atoms with Crippen LogP contribution in [0.1, 0.15) is 25.0 Å². The number of carbonyl (C=O) groups excluding carboxylic acids is 2. The zero-order chi connectivity index (χ0) is 18.9. The molecule has 5 nitrogen and oxygen atoms in total. The number of nitrogens with zero attached hydrogens (tertiary/aromatic N) is 1. The molecular weight excluding hydrogens is 326 g/mol. The van der Waals surface area contributed by atoms with Crippen LogP contribution in [0.3, 0.4) is 0 Å². The fourth-order valence-electron chi connectivity index (χ4n) is 2.23. The molecule has 0 saturated carbocycles. The molecule has 2 aromatic carbocycles. The summed E-state index contributed by atoms with van der Waals surface area (Å²) < 4.78 is 0. The minimum Gasteiger partial charge on any atom is -0.369 e. The number of rotatable bonds is 4. The molecule has 5 heteroatoms. The predicted molar refractivity (Wildman–Crippen MR) is 105 cm³/mol. The van der Waals surface area contributed by atoms with Gasteiger partial charge in [-0.05, 0) is 36.6 Å². The number of aliphatic imine (C=N–C) groups is 1. The second kappa shape index (κ2) is 9.13. The number of amides is 2. The Labute approximate surface area is 153 Å². The van der Waals surface area contributed by atoms with Gasteiger partial charge in [-0.15, -0.1) is 0 Å². The van der Waals surface area contributed by atoms with Gasteiger partial charge in [-0.2, -0.15) is 4.99 Å². The second-order valence-corrected chi connectivity index (χ2v) is 5.72. The van der Waals surface area contributed by atoms with Gasteiger partial charge in [-0.1, -0.05) is 60.7 Å². The SMILES string of the molecule is C/C(=C/C(=O)NC(N)=NC(=O)/C(C)=C/c1ccccc1)c1ccccc1. The summed E-state index contributed by atoms with van der Waals surface area (Å²) in [4.78, 5) is 27.8. The highest BCUT2D eigenvalue weighted by Crippen LogP contribution is 2.12. The van der Waals surface area contributed by atoms with Gasteiger partial charge in [0.2, 0.25) is 5.96 Å². The Morgan fingerprint density at radius 3 is 2.15 bits per heavy atom. The average Bonchev–Trinajstić information content (AvgIpc) is 2.62. The molecule has 0 aliphatic heterocycles. The third-order valence-corrected chi connectivity index (χ3v) is 3.57. The molecule has 0 heterocycles. The number of benzene rings is 2. The molecule has 132 valence electrons. The number of hydrogen-bond donors (Lipinski definition) is 2. The van der Waals surface area contributed by atoms with Gasteiger partial charge >= 0.3 is 0 Å². The molecule has 26 heavy (non-hydrogen) atoms. The minimum absolute atomic E-state index is 0.238. The van der Waals surface area contributed by atoms with Crippen LogP contribution in [-0.4, -0.2) is 17.8 Å². The van der Waals surface area contributed by atoms with Crippen LogP contribution in [0, 0.1) is 0 Å². The van der Waals surface area contributed by atoms with Crippen molar-refractivity contribution in [2.24, 2.45) is 10.7 Å².